The Kier molecular flexibility index (Phi) is 10.5. The predicted octanol–water partition coefficient (Wildman–Crippen LogP) is 3.19. The van der Waals surface area contributed by atoms with Gasteiger partial charge in [0.05, 0.1) is 0 Å². The van der Waals surface area contributed by atoms with Gasteiger partial charge in [0.2, 0.25) is 5.91 Å². The molecule has 9 heteroatoms. The Morgan fingerprint density at radius 2 is 1.74 bits per heavy atom. The summed E-state index contributed by atoms with van der Waals surface area (Å²) in [7, 11) is 1.97. The number of carbonyl (C=O) groups excluding carboxylic acids is 1. The van der Waals surface area contributed by atoms with Gasteiger partial charge in [-0.2, -0.15) is 0 Å². The number of aryl methyl sites for hydroxylation is 1. The first-order valence-corrected chi connectivity index (χ1v) is 11.6. The second-order valence-corrected chi connectivity index (χ2v) is 9.23. The molecule has 8 nitrogen and oxygen atoms in total. The van der Waals surface area contributed by atoms with E-state index in [1.54, 1.807) is 0 Å². The molecule has 1 aromatic heterocycles. The van der Waals surface area contributed by atoms with Gasteiger partial charge >= 0.3 is 0 Å². The van der Waals surface area contributed by atoms with Crippen LogP contribution in [0.2, 0.25) is 0 Å². The Morgan fingerprint density at radius 1 is 1.06 bits per heavy atom. The number of guanidine groups is 1. The highest BCUT2D eigenvalue weighted by Crippen LogP contribution is 2.25. The number of nitrogens with one attached hydrogen (secondary N) is 3. The number of carbonyl (C=O) groups is 1. The summed E-state index contributed by atoms with van der Waals surface area (Å²) in [5.41, 5.74) is 0. The molecule has 0 aromatic carbocycles. The zero-order chi connectivity index (χ0) is 21.5. The number of hydrogen-bond acceptors (Lipinski definition) is 4. The highest BCUT2D eigenvalue weighted by molar-refractivity contribution is 14.0. The molecule has 0 radical (unpaired) electrons. The van der Waals surface area contributed by atoms with E-state index in [-0.39, 0.29) is 47.9 Å². The van der Waals surface area contributed by atoms with E-state index in [2.05, 4.69) is 26.1 Å². The lowest BCUT2D eigenvalue weighted by Gasteiger charge is -2.32. The molecule has 1 amide bonds. The number of halogens is 1. The number of nitrogens with zero attached hydrogens (tertiary/aromatic N) is 4. The van der Waals surface area contributed by atoms with Gasteiger partial charge in [-0.25, -0.2) is 4.99 Å². The van der Waals surface area contributed by atoms with Crippen LogP contribution in [0.15, 0.2) is 4.99 Å². The van der Waals surface area contributed by atoms with Crippen molar-refractivity contribution in [2.24, 2.45) is 18.0 Å². The summed E-state index contributed by atoms with van der Waals surface area (Å²) in [5, 5.41) is 18.8. The Hall–Kier alpha value is -1.39. The molecule has 1 heterocycles. The fraction of sp³-hybridized carbons (Fsp3) is 0.818. The summed E-state index contributed by atoms with van der Waals surface area (Å²) in [5.74, 6) is 2.86. The maximum atomic E-state index is 12.5. The molecule has 3 rings (SSSR count). The zero-order valence-corrected chi connectivity index (χ0v) is 21.8. The second kappa shape index (κ2) is 12.6. The van der Waals surface area contributed by atoms with E-state index in [9.17, 15) is 4.79 Å². The average molecular weight is 546 g/mol. The summed E-state index contributed by atoms with van der Waals surface area (Å²) >= 11 is 0. The Labute approximate surface area is 203 Å². The molecule has 2 unspecified atom stereocenters. The quantitative estimate of drug-likeness (QED) is 0.290. The van der Waals surface area contributed by atoms with Crippen molar-refractivity contribution in [1.29, 1.82) is 0 Å². The van der Waals surface area contributed by atoms with Crippen LogP contribution >= 0.6 is 24.0 Å². The van der Waals surface area contributed by atoms with Crippen LogP contribution in [0, 0.1) is 12.8 Å². The lowest BCUT2D eigenvalue weighted by Crippen LogP contribution is -2.50. The fourth-order valence-electron chi connectivity index (χ4n) is 4.47. The van der Waals surface area contributed by atoms with Crippen molar-refractivity contribution in [3.63, 3.8) is 0 Å². The first-order valence-electron chi connectivity index (χ1n) is 11.6. The Bertz CT molecular complexity index is 727. The largest absolute Gasteiger partial charge is 0.354 e. The summed E-state index contributed by atoms with van der Waals surface area (Å²) < 4.78 is 1.98. The van der Waals surface area contributed by atoms with Crippen molar-refractivity contribution in [3.8, 4) is 0 Å². The van der Waals surface area contributed by atoms with Crippen molar-refractivity contribution in [2.45, 2.75) is 103 Å². The van der Waals surface area contributed by atoms with Gasteiger partial charge in [0.1, 0.15) is 12.4 Å². The molecule has 2 fully saturated rings. The summed E-state index contributed by atoms with van der Waals surface area (Å²) in [4.78, 5) is 17.3. The molecule has 31 heavy (non-hydrogen) atoms. The number of aliphatic imine (C=N–C) groups is 1. The average Bonchev–Trinajstić information content (AvgIpc) is 3.04. The van der Waals surface area contributed by atoms with Crippen LogP contribution in [0.4, 0.5) is 0 Å². The minimum absolute atomic E-state index is 0. The number of hydrogen-bond donors (Lipinski definition) is 3. The van der Waals surface area contributed by atoms with Crippen LogP contribution in [0.25, 0.3) is 0 Å². The number of amides is 1. The third-order valence-electron chi connectivity index (χ3n) is 6.32. The van der Waals surface area contributed by atoms with Crippen LogP contribution < -0.4 is 16.0 Å². The minimum atomic E-state index is 0. The Balaban J connectivity index is 0.00000341. The molecule has 176 valence electrons. The standard InChI is InChI=1S/C22H39N7O.HI/c1-15(2)24-21(30)17-9-8-12-19(13-17)26-22(25-18-10-6-5-7-11-18)23-14-20-28-27-16(3)29(20)4;/h15,17-19H,5-14H2,1-4H3,(H,24,30)(H2,23,25,26);1H. The molecule has 0 saturated heterocycles. The van der Waals surface area contributed by atoms with E-state index >= 15 is 0 Å². The van der Waals surface area contributed by atoms with Gasteiger partial charge in [-0.15, -0.1) is 34.2 Å². The molecule has 1 aromatic rings. The van der Waals surface area contributed by atoms with Gasteiger partial charge in [0.25, 0.3) is 0 Å². The third-order valence-corrected chi connectivity index (χ3v) is 6.32. The van der Waals surface area contributed by atoms with E-state index < -0.39 is 0 Å². The molecule has 3 N–H and O–H groups in total. The normalized spacial score (nSPS) is 22.7. The van der Waals surface area contributed by atoms with E-state index in [1.165, 1.54) is 32.1 Å². The Morgan fingerprint density at radius 3 is 2.39 bits per heavy atom. The minimum Gasteiger partial charge on any atom is -0.354 e. The number of aromatic nitrogens is 3. The second-order valence-electron chi connectivity index (χ2n) is 9.23. The van der Waals surface area contributed by atoms with Gasteiger partial charge in [-0.3, -0.25) is 4.79 Å². The SMILES string of the molecule is Cc1nnc(CN=C(NC2CCCCC2)NC2CCCC(C(=O)NC(C)C)C2)n1C.I. The lowest BCUT2D eigenvalue weighted by molar-refractivity contribution is -0.126. The molecule has 2 aliphatic carbocycles. The van der Waals surface area contributed by atoms with Gasteiger partial charge in [0, 0.05) is 31.1 Å². The van der Waals surface area contributed by atoms with Gasteiger partial charge in [-0.05, 0) is 52.9 Å². The molecule has 0 spiro atoms. The van der Waals surface area contributed by atoms with Crippen LogP contribution in [0.3, 0.4) is 0 Å². The van der Waals surface area contributed by atoms with Crippen molar-refractivity contribution >= 4 is 35.8 Å². The van der Waals surface area contributed by atoms with Crippen molar-refractivity contribution < 1.29 is 4.79 Å². The smallest absolute Gasteiger partial charge is 0.223 e. The highest BCUT2D eigenvalue weighted by Gasteiger charge is 2.28. The van der Waals surface area contributed by atoms with Crippen molar-refractivity contribution in [2.75, 3.05) is 0 Å². The van der Waals surface area contributed by atoms with Crippen LogP contribution in [0.5, 0.6) is 0 Å². The van der Waals surface area contributed by atoms with E-state index in [1.807, 2.05) is 32.4 Å². The van der Waals surface area contributed by atoms with E-state index in [0.29, 0.717) is 12.6 Å². The first kappa shape index (κ1) is 25.9. The fourth-order valence-corrected chi connectivity index (χ4v) is 4.47. The number of rotatable bonds is 6. The summed E-state index contributed by atoms with van der Waals surface area (Å²) in [6.45, 7) is 6.47. The van der Waals surface area contributed by atoms with Crippen LogP contribution in [-0.2, 0) is 18.4 Å². The molecule has 2 saturated carbocycles. The monoisotopic (exact) mass is 545 g/mol. The molecular weight excluding hydrogens is 505 g/mol. The maximum absolute atomic E-state index is 12.5. The van der Waals surface area contributed by atoms with Gasteiger partial charge < -0.3 is 20.5 Å². The topological polar surface area (TPSA) is 96.2 Å². The first-order chi connectivity index (χ1) is 14.4. The van der Waals surface area contributed by atoms with E-state index in [0.717, 1.165) is 43.3 Å². The molecule has 2 aliphatic rings. The van der Waals surface area contributed by atoms with Gasteiger partial charge in [0.15, 0.2) is 11.8 Å². The summed E-state index contributed by atoms with van der Waals surface area (Å²) in [6.07, 6.45) is 10.2. The molecule has 2 atom stereocenters. The molecule has 0 bridgehead atoms. The van der Waals surface area contributed by atoms with Crippen LogP contribution in [-0.4, -0.2) is 44.8 Å². The van der Waals surface area contributed by atoms with Crippen molar-refractivity contribution in [1.82, 2.24) is 30.7 Å². The predicted molar refractivity (Wildman–Crippen MR) is 134 cm³/mol. The van der Waals surface area contributed by atoms with Gasteiger partial charge in [-0.1, -0.05) is 25.7 Å². The highest BCUT2D eigenvalue weighted by atomic mass is 127. The molecular formula is C22H40IN7O. The lowest BCUT2D eigenvalue weighted by atomic mass is 9.85. The third kappa shape index (κ3) is 7.91. The van der Waals surface area contributed by atoms with Crippen molar-refractivity contribution in [3.05, 3.63) is 11.6 Å². The molecule has 0 aliphatic heterocycles. The zero-order valence-electron chi connectivity index (χ0n) is 19.5. The van der Waals surface area contributed by atoms with E-state index in [4.69, 9.17) is 4.99 Å². The van der Waals surface area contributed by atoms with Crippen LogP contribution in [0.1, 0.15) is 83.3 Å². The summed E-state index contributed by atoms with van der Waals surface area (Å²) in [6, 6.07) is 0.915. The maximum Gasteiger partial charge on any atom is 0.223 e.